The third-order valence-electron chi connectivity index (χ3n) is 6.79. The van der Waals surface area contributed by atoms with Crippen LogP contribution in [0.5, 0.6) is 11.5 Å². The van der Waals surface area contributed by atoms with E-state index in [2.05, 4.69) is 30.8 Å². The second kappa shape index (κ2) is 9.64. The highest BCUT2D eigenvalue weighted by molar-refractivity contribution is 7.21. The summed E-state index contributed by atoms with van der Waals surface area (Å²) in [6.07, 6.45) is 8.71. The lowest BCUT2D eigenvalue weighted by Gasteiger charge is -2.39. The number of methoxy groups -OCH3 is 1. The first-order valence-electron chi connectivity index (χ1n) is 11.7. The van der Waals surface area contributed by atoms with E-state index in [1.54, 1.807) is 7.11 Å². The molecule has 5 rings (SSSR count). The number of fused-ring (bicyclic) bond motifs is 1. The SMILES string of the molecule is COc1cc2c(OC3CCN(C4CCCCC4)CC3)c(C(=O)Nc3nn[nH]n3)sc2cc1C. The first kappa shape index (κ1) is 22.1. The summed E-state index contributed by atoms with van der Waals surface area (Å²) in [7, 11) is 1.66. The molecule has 1 aliphatic carbocycles. The number of likely N-dealkylation sites (tertiary alicyclic amines) is 1. The largest absolute Gasteiger partial charge is 0.496 e. The molecule has 1 saturated heterocycles. The number of carbonyl (C=O) groups is 1. The van der Waals surface area contributed by atoms with Gasteiger partial charge in [-0.25, -0.2) is 0 Å². The van der Waals surface area contributed by atoms with Gasteiger partial charge in [-0.2, -0.15) is 5.21 Å². The fourth-order valence-corrected chi connectivity index (χ4v) is 6.14. The molecule has 33 heavy (non-hydrogen) atoms. The minimum atomic E-state index is -0.302. The average molecular weight is 471 g/mol. The van der Waals surface area contributed by atoms with Gasteiger partial charge in [0, 0.05) is 29.2 Å². The average Bonchev–Trinajstić information content (AvgIpc) is 3.47. The molecule has 1 saturated carbocycles. The molecule has 3 aromatic rings. The number of tetrazole rings is 1. The number of rotatable bonds is 6. The molecule has 9 nitrogen and oxygen atoms in total. The van der Waals surface area contributed by atoms with Crippen LogP contribution >= 0.6 is 11.3 Å². The van der Waals surface area contributed by atoms with Gasteiger partial charge < -0.3 is 14.4 Å². The first-order valence-corrected chi connectivity index (χ1v) is 12.5. The van der Waals surface area contributed by atoms with Gasteiger partial charge in [0.2, 0.25) is 0 Å². The Balaban J connectivity index is 1.38. The van der Waals surface area contributed by atoms with E-state index >= 15 is 0 Å². The van der Waals surface area contributed by atoms with Crippen LogP contribution in [0.4, 0.5) is 5.95 Å². The van der Waals surface area contributed by atoms with Crippen LogP contribution < -0.4 is 14.8 Å². The number of hydrogen-bond acceptors (Lipinski definition) is 8. The van der Waals surface area contributed by atoms with Gasteiger partial charge >= 0.3 is 0 Å². The zero-order valence-corrected chi connectivity index (χ0v) is 19.9. The van der Waals surface area contributed by atoms with Gasteiger partial charge in [-0.05, 0) is 55.5 Å². The van der Waals surface area contributed by atoms with Crippen molar-refractivity contribution in [2.24, 2.45) is 0 Å². The number of amides is 1. The quantitative estimate of drug-likeness (QED) is 0.557. The maximum atomic E-state index is 13.1. The van der Waals surface area contributed by atoms with Crippen molar-refractivity contribution in [1.29, 1.82) is 0 Å². The van der Waals surface area contributed by atoms with E-state index in [4.69, 9.17) is 9.47 Å². The molecule has 2 N–H and O–H groups in total. The van der Waals surface area contributed by atoms with Gasteiger partial charge in [-0.15, -0.1) is 16.4 Å². The highest BCUT2D eigenvalue weighted by Gasteiger charge is 2.29. The van der Waals surface area contributed by atoms with Crippen molar-refractivity contribution in [3.63, 3.8) is 0 Å². The molecule has 1 aliphatic heterocycles. The number of aromatic nitrogens is 4. The van der Waals surface area contributed by atoms with Gasteiger partial charge in [0.05, 0.1) is 7.11 Å². The van der Waals surface area contributed by atoms with Crippen molar-refractivity contribution in [1.82, 2.24) is 25.5 Å². The number of hydrogen-bond donors (Lipinski definition) is 2. The summed E-state index contributed by atoms with van der Waals surface area (Å²) in [6, 6.07) is 4.74. The third-order valence-corrected chi connectivity index (χ3v) is 7.92. The van der Waals surface area contributed by atoms with Crippen molar-refractivity contribution < 1.29 is 14.3 Å². The lowest BCUT2D eigenvalue weighted by Crippen LogP contribution is -2.44. The number of benzene rings is 1. The van der Waals surface area contributed by atoms with Crippen LogP contribution in [0.1, 0.15) is 60.2 Å². The number of carbonyl (C=O) groups excluding carboxylic acids is 1. The number of nitrogens with zero attached hydrogens (tertiary/aromatic N) is 4. The maximum Gasteiger partial charge on any atom is 0.272 e. The number of aromatic amines is 1. The van der Waals surface area contributed by atoms with Gasteiger partial charge in [0.15, 0.2) is 5.75 Å². The van der Waals surface area contributed by atoms with Crippen LogP contribution in [-0.2, 0) is 0 Å². The third kappa shape index (κ3) is 4.67. The molecular formula is C23H30N6O3S. The standard InChI is InChI=1S/C23H30N6O3S/c1-14-12-19-17(13-18(14)31-2)20(21(33-19)22(30)24-23-25-27-28-26-23)32-16-8-10-29(11-9-16)15-6-4-3-5-7-15/h12-13,15-16H,3-11H2,1-2H3,(H2,24,25,26,27,28,30). The second-order valence-electron chi connectivity index (χ2n) is 8.91. The predicted molar refractivity (Wildman–Crippen MR) is 127 cm³/mol. The molecule has 10 heteroatoms. The number of piperidine rings is 1. The van der Waals surface area contributed by atoms with Crippen molar-refractivity contribution in [3.8, 4) is 11.5 Å². The van der Waals surface area contributed by atoms with E-state index in [-0.39, 0.29) is 18.0 Å². The monoisotopic (exact) mass is 470 g/mol. The Hall–Kier alpha value is -2.72. The molecule has 0 spiro atoms. The normalized spacial score (nSPS) is 18.5. The number of nitrogens with one attached hydrogen (secondary N) is 2. The van der Waals surface area contributed by atoms with Crippen molar-refractivity contribution >= 4 is 33.3 Å². The summed E-state index contributed by atoms with van der Waals surface area (Å²) >= 11 is 1.41. The van der Waals surface area contributed by atoms with E-state index in [9.17, 15) is 4.79 Å². The number of H-pyrrole nitrogens is 1. The predicted octanol–water partition coefficient (Wildman–Crippen LogP) is 4.16. The topological polar surface area (TPSA) is 105 Å². The second-order valence-corrected chi connectivity index (χ2v) is 9.97. The zero-order valence-electron chi connectivity index (χ0n) is 19.1. The summed E-state index contributed by atoms with van der Waals surface area (Å²) in [5.41, 5.74) is 1.02. The highest BCUT2D eigenvalue weighted by Crippen LogP contribution is 2.42. The first-order chi connectivity index (χ1) is 16.1. The molecule has 0 bridgehead atoms. The highest BCUT2D eigenvalue weighted by atomic mass is 32.1. The number of thiophene rings is 1. The minimum absolute atomic E-state index is 0.0756. The van der Waals surface area contributed by atoms with Gasteiger partial charge in [-0.1, -0.05) is 24.4 Å². The van der Waals surface area contributed by atoms with Crippen LogP contribution in [0.25, 0.3) is 10.1 Å². The van der Waals surface area contributed by atoms with Crippen LogP contribution in [-0.4, -0.2) is 63.8 Å². The number of anilines is 1. The summed E-state index contributed by atoms with van der Waals surface area (Å²) in [5, 5.41) is 17.1. The molecule has 1 aromatic carbocycles. The molecule has 176 valence electrons. The Bertz CT molecular complexity index is 1100. The zero-order chi connectivity index (χ0) is 22.8. The Morgan fingerprint density at radius 3 is 2.67 bits per heavy atom. The summed E-state index contributed by atoms with van der Waals surface area (Å²) < 4.78 is 13.1. The van der Waals surface area contributed by atoms with Gasteiger partial charge in [0.25, 0.3) is 11.9 Å². The minimum Gasteiger partial charge on any atom is -0.496 e. The molecule has 0 unspecified atom stereocenters. The Labute approximate surface area is 196 Å². The molecule has 0 radical (unpaired) electrons. The summed E-state index contributed by atoms with van der Waals surface area (Å²) in [4.78, 5) is 16.3. The molecule has 2 aromatic heterocycles. The van der Waals surface area contributed by atoms with E-state index in [1.807, 2.05) is 19.1 Å². The lowest BCUT2D eigenvalue weighted by molar-refractivity contribution is 0.0634. The smallest absolute Gasteiger partial charge is 0.272 e. The summed E-state index contributed by atoms with van der Waals surface area (Å²) in [5.74, 6) is 1.23. The fourth-order valence-electron chi connectivity index (χ4n) is 5.03. The molecule has 2 fully saturated rings. The van der Waals surface area contributed by atoms with Crippen molar-refractivity contribution in [2.75, 3.05) is 25.5 Å². The Morgan fingerprint density at radius 2 is 1.97 bits per heavy atom. The van der Waals surface area contributed by atoms with Gasteiger partial charge in [-0.3, -0.25) is 10.1 Å². The van der Waals surface area contributed by atoms with Crippen LogP contribution in [0.3, 0.4) is 0 Å². The fraction of sp³-hybridized carbons (Fsp3) is 0.565. The van der Waals surface area contributed by atoms with E-state index in [0.29, 0.717) is 10.6 Å². The van der Waals surface area contributed by atoms with E-state index in [1.165, 1.54) is 43.4 Å². The molecule has 3 heterocycles. The summed E-state index contributed by atoms with van der Waals surface area (Å²) in [6.45, 7) is 4.09. The van der Waals surface area contributed by atoms with E-state index < -0.39 is 0 Å². The Morgan fingerprint density at radius 1 is 1.18 bits per heavy atom. The van der Waals surface area contributed by atoms with Crippen molar-refractivity contribution in [2.45, 2.75) is 64.0 Å². The molecule has 2 aliphatic rings. The maximum absolute atomic E-state index is 13.1. The molecular weight excluding hydrogens is 440 g/mol. The van der Waals surface area contributed by atoms with E-state index in [0.717, 1.165) is 53.4 Å². The van der Waals surface area contributed by atoms with Gasteiger partial charge in [0.1, 0.15) is 16.7 Å². The molecule has 1 amide bonds. The van der Waals surface area contributed by atoms with Crippen LogP contribution in [0.15, 0.2) is 12.1 Å². The van der Waals surface area contributed by atoms with Crippen LogP contribution in [0.2, 0.25) is 0 Å². The van der Waals surface area contributed by atoms with Crippen LogP contribution in [0, 0.1) is 6.92 Å². The van der Waals surface area contributed by atoms with Crippen molar-refractivity contribution in [3.05, 3.63) is 22.6 Å². The number of aryl methyl sites for hydroxylation is 1. The number of ether oxygens (including phenoxy) is 2. The molecule has 0 atom stereocenters. The Kier molecular flexibility index (Phi) is 6.45. The lowest BCUT2D eigenvalue weighted by atomic mass is 9.92.